The summed E-state index contributed by atoms with van der Waals surface area (Å²) in [6, 6.07) is 21.8. The van der Waals surface area contributed by atoms with Gasteiger partial charge in [0.15, 0.2) is 11.4 Å². The lowest BCUT2D eigenvalue weighted by Crippen LogP contribution is -3.00. The smallest absolute Gasteiger partial charge is 0.195 e. The molecule has 9 nitrogen and oxygen atoms in total. The number of phenols is 1. The van der Waals surface area contributed by atoms with Crippen molar-refractivity contribution in [1.82, 2.24) is 0 Å². The Morgan fingerprint density at radius 2 is 1.66 bits per heavy atom. The highest BCUT2D eigenvalue weighted by Crippen LogP contribution is 2.42. The van der Waals surface area contributed by atoms with Crippen LogP contribution in [-0.4, -0.2) is 21.2 Å². The zero-order chi connectivity index (χ0) is 24.7. The summed E-state index contributed by atoms with van der Waals surface area (Å²) < 4.78 is 0. The molecule has 3 atom stereocenters. The summed E-state index contributed by atoms with van der Waals surface area (Å²) in [4.78, 5) is 0. The van der Waals surface area contributed by atoms with Crippen LogP contribution in [0.1, 0.15) is 23.6 Å². The molecule has 0 aromatic heterocycles. The number of anilines is 1. The molecule has 1 aliphatic heterocycles. The van der Waals surface area contributed by atoms with Gasteiger partial charge in [0.25, 0.3) is 0 Å². The summed E-state index contributed by atoms with van der Waals surface area (Å²) in [6.07, 6.45) is 0.378. The van der Waals surface area contributed by atoms with Crippen LogP contribution in [0.25, 0.3) is 10.8 Å². The number of phenolic OH excluding ortho intramolecular Hbond substituents is 1. The summed E-state index contributed by atoms with van der Waals surface area (Å²) in [5, 5.41) is 59.7. The van der Waals surface area contributed by atoms with Crippen molar-refractivity contribution in [3.63, 3.8) is 0 Å². The second kappa shape index (κ2) is 9.25. The van der Waals surface area contributed by atoms with Crippen LogP contribution in [0.15, 0.2) is 84.0 Å². The molecule has 0 aliphatic carbocycles. The van der Waals surface area contributed by atoms with Crippen LogP contribution in [-0.2, 0) is 0 Å². The second-order valence-electron chi connectivity index (χ2n) is 8.19. The van der Waals surface area contributed by atoms with Crippen LogP contribution in [0.2, 0.25) is 5.02 Å². The number of hydrazone groups is 1. The highest BCUT2D eigenvalue weighted by molar-refractivity contribution is 6.30. The molecule has 0 radical (unpaired) electrons. The summed E-state index contributed by atoms with van der Waals surface area (Å²) >= 11 is 6.09. The van der Waals surface area contributed by atoms with Crippen molar-refractivity contribution < 1.29 is 26.0 Å². The zero-order valence-corrected chi connectivity index (χ0v) is 19.0. The average Bonchev–Trinajstić information content (AvgIpc) is 3.28. The lowest BCUT2D eigenvalue weighted by atomic mass is 9.94. The van der Waals surface area contributed by atoms with Gasteiger partial charge < -0.3 is 15.5 Å². The fourth-order valence-electron chi connectivity index (χ4n) is 4.43. The van der Waals surface area contributed by atoms with E-state index in [9.17, 15) is 25.9 Å². The Labute approximate surface area is 205 Å². The molecule has 3 unspecified atom stereocenters. The third kappa shape index (κ3) is 4.33. The number of halogens is 1. The second-order valence-corrected chi connectivity index (χ2v) is 8.62. The molecule has 4 aromatic carbocycles. The highest BCUT2D eigenvalue weighted by Gasteiger charge is 2.34. The molecule has 5 rings (SSSR count). The largest absolute Gasteiger partial charge is 0.595 e. The van der Waals surface area contributed by atoms with E-state index in [1.807, 2.05) is 42.5 Å². The fourth-order valence-corrected chi connectivity index (χ4v) is 4.56. The van der Waals surface area contributed by atoms with E-state index >= 15 is 0 Å². The lowest BCUT2D eigenvalue weighted by Gasteiger charge is -2.27. The summed E-state index contributed by atoms with van der Waals surface area (Å²) in [5.74, 6) is 0.0684. The number of aromatic hydroxyl groups is 1. The van der Waals surface area contributed by atoms with Gasteiger partial charge in [0.2, 0.25) is 0 Å². The van der Waals surface area contributed by atoms with Gasteiger partial charge >= 0.3 is 0 Å². The van der Waals surface area contributed by atoms with E-state index in [1.54, 1.807) is 23.2 Å². The van der Waals surface area contributed by atoms with Crippen molar-refractivity contribution in [1.29, 1.82) is 0 Å². The molecule has 1 heterocycles. The van der Waals surface area contributed by atoms with Gasteiger partial charge in [-0.25, -0.2) is 10.4 Å². The van der Waals surface area contributed by atoms with Crippen molar-refractivity contribution in [2.24, 2.45) is 5.10 Å². The van der Waals surface area contributed by atoms with Gasteiger partial charge in [-0.1, -0.05) is 54.1 Å². The van der Waals surface area contributed by atoms with Gasteiger partial charge in [-0.15, -0.1) is 0 Å². The molecular weight excluding hydrogens is 472 g/mol. The van der Waals surface area contributed by atoms with E-state index in [1.165, 1.54) is 12.1 Å². The van der Waals surface area contributed by atoms with Gasteiger partial charge in [-0.3, -0.25) is 5.01 Å². The highest BCUT2D eigenvalue weighted by atomic mass is 35.5. The Hall–Kier alpha value is -3.54. The number of rotatable bonds is 5. The van der Waals surface area contributed by atoms with E-state index in [4.69, 9.17) is 16.7 Å². The van der Waals surface area contributed by atoms with Gasteiger partial charge in [0.1, 0.15) is 11.4 Å². The van der Waals surface area contributed by atoms with Crippen molar-refractivity contribution >= 4 is 45.1 Å². The molecule has 4 aromatic rings. The summed E-state index contributed by atoms with van der Waals surface area (Å²) in [6.45, 7) is 0. The Morgan fingerprint density at radius 3 is 2.37 bits per heavy atom. The van der Waals surface area contributed by atoms with Crippen molar-refractivity contribution in [2.45, 2.75) is 12.5 Å². The van der Waals surface area contributed by atoms with Gasteiger partial charge in [0.05, 0.1) is 17.8 Å². The number of fused-ring (bicyclic) bond motifs is 1. The maximum atomic E-state index is 12.1. The molecule has 0 bridgehead atoms. The van der Waals surface area contributed by atoms with Crippen LogP contribution in [0.4, 0.5) is 17.1 Å². The maximum absolute atomic E-state index is 12.1. The van der Waals surface area contributed by atoms with E-state index in [0.29, 0.717) is 22.7 Å². The molecule has 0 saturated heterocycles. The maximum Gasteiger partial charge on any atom is 0.195 e. The van der Waals surface area contributed by atoms with Crippen molar-refractivity contribution in [3.05, 3.63) is 105 Å². The van der Waals surface area contributed by atoms with Crippen LogP contribution >= 0.6 is 11.6 Å². The van der Waals surface area contributed by atoms with Crippen LogP contribution < -0.4 is 15.5 Å². The first kappa shape index (κ1) is 23.2. The number of nitrogens with zero attached hydrogens (tertiary/aromatic N) is 2. The number of quaternary nitrogens is 2. The number of benzene rings is 4. The number of nitrogens with one attached hydrogen (secondary N) is 2. The topological polar surface area (TPSA) is 131 Å². The third-order valence-electron chi connectivity index (χ3n) is 6.08. The van der Waals surface area contributed by atoms with Crippen LogP contribution in [0, 0.1) is 10.4 Å². The van der Waals surface area contributed by atoms with Gasteiger partial charge in [-0.2, -0.15) is 15.6 Å². The SMILES string of the molecule is [O-][NH+](O)c1ccc(N2N=C(c3c(O)ccc4ccccc34)CC2c2ccc(Cl)cc2)c([NH+]([O-])O)c1. The minimum absolute atomic E-state index is 0.0684. The molecule has 0 fully saturated rings. The fraction of sp³-hybridized carbons (Fsp3) is 0.0800. The molecule has 0 saturated carbocycles. The van der Waals surface area contributed by atoms with Crippen LogP contribution in [0.5, 0.6) is 5.75 Å². The van der Waals surface area contributed by atoms with Crippen LogP contribution in [0.3, 0.4) is 0 Å². The molecule has 35 heavy (non-hydrogen) atoms. The first-order valence-corrected chi connectivity index (χ1v) is 11.1. The summed E-state index contributed by atoms with van der Waals surface area (Å²) in [7, 11) is 0. The minimum Gasteiger partial charge on any atom is -0.595 e. The van der Waals surface area contributed by atoms with E-state index in [2.05, 4.69) is 0 Å². The average molecular weight is 493 g/mol. The Balaban J connectivity index is 1.69. The first-order valence-electron chi connectivity index (χ1n) is 10.8. The Morgan fingerprint density at radius 1 is 0.914 bits per heavy atom. The molecule has 0 amide bonds. The van der Waals surface area contributed by atoms with Gasteiger partial charge in [-0.05, 0) is 40.6 Å². The minimum atomic E-state index is -1.27. The molecule has 178 valence electrons. The zero-order valence-electron chi connectivity index (χ0n) is 18.2. The normalized spacial score (nSPS) is 17.5. The third-order valence-corrected chi connectivity index (χ3v) is 6.33. The van der Waals surface area contributed by atoms with E-state index in [0.717, 1.165) is 22.4 Å². The quantitative estimate of drug-likeness (QED) is 0.271. The first-order chi connectivity index (χ1) is 16.8. The predicted octanol–water partition coefficient (Wildman–Crippen LogP) is 3.36. The molecular formula is C25H21ClN4O5. The monoisotopic (exact) mass is 492 g/mol. The Bertz CT molecular complexity index is 1430. The lowest BCUT2D eigenvalue weighted by molar-refractivity contribution is -0.996. The molecule has 10 heteroatoms. The van der Waals surface area contributed by atoms with Crippen molar-refractivity contribution in [3.8, 4) is 5.75 Å². The predicted molar refractivity (Wildman–Crippen MR) is 131 cm³/mol. The van der Waals surface area contributed by atoms with Crippen molar-refractivity contribution in [2.75, 3.05) is 5.01 Å². The Kier molecular flexibility index (Phi) is 6.13. The number of hydrogen-bond acceptors (Lipinski definition) is 7. The summed E-state index contributed by atoms with van der Waals surface area (Å²) in [5.41, 5.74) is 1.92. The number of hydrogen-bond donors (Lipinski definition) is 5. The molecule has 1 aliphatic rings. The standard InChI is InChI=1S/C25H21ClN4O5/c26-17-8-5-16(6-9-17)22-14-20(25-19-4-2-1-3-15(19)7-12-24(25)31)27-28(22)21-11-10-18(29(32)33)13-23(21)30(34)35/h1-13,22,29-32,34H,14H2. The van der Waals surface area contributed by atoms with E-state index in [-0.39, 0.29) is 22.8 Å². The van der Waals surface area contributed by atoms with E-state index < -0.39 is 16.5 Å². The molecule has 0 spiro atoms. The van der Waals surface area contributed by atoms with Gasteiger partial charge in [0, 0.05) is 23.1 Å². The molecule has 5 N–H and O–H groups in total.